The van der Waals surface area contributed by atoms with Crippen molar-refractivity contribution in [3.63, 3.8) is 0 Å². The van der Waals surface area contributed by atoms with Gasteiger partial charge in [-0.05, 0) is 86.0 Å². The molecule has 0 saturated heterocycles. The molecule has 10 rings (SSSR count). The van der Waals surface area contributed by atoms with Gasteiger partial charge in [0.2, 0.25) is 5.91 Å². The molecule has 3 aromatic carbocycles. The van der Waals surface area contributed by atoms with Gasteiger partial charge in [0.1, 0.15) is 23.7 Å². The number of fused-ring (bicyclic) bond motifs is 8. The molecule has 1 saturated carbocycles. The van der Waals surface area contributed by atoms with Crippen molar-refractivity contribution in [2.24, 2.45) is 0 Å². The predicted molar refractivity (Wildman–Crippen MR) is 231 cm³/mol. The molecule has 0 bridgehead atoms. The first kappa shape index (κ1) is 38.2. The highest BCUT2D eigenvalue weighted by molar-refractivity contribution is 6.11. The third-order valence-corrected chi connectivity index (χ3v) is 12.0. The van der Waals surface area contributed by atoms with Crippen LogP contribution in [0.15, 0.2) is 110 Å². The quantitative estimate of drug-likeness (QED) is 0.142. The van der Waals surface area contributed by atoms with Crippen LogP contribution in [0.2, 0.25) is 0 Å². The number of anilines is 4. The molecule has 6 heterocycles. The van der Waals surface area contributed by atoms with Crippen molar-refractivity contribution in [2.45, 2.75) is 31.3 Å². The van der Waals surface area contributed by atoms with Crippen LogP contribution >= 0.6 is 0 Å². The first-order chi connectivity index (χ1) is 30.1. The molecule has 6 amide bonds. The molecule has 310 valence electrons. The molecule has 0 atom stereocenters. The van der Waals surface area contributed by atoms with E-state index in [0.717, 1.165) is 41.1 Å². The van der Waals surface area contributed by atoms with Crippen molar-refractivity contribution in [3.05, 3.63) is 133 Å². The molecule has 1 aliphatic carbocycles. The Morgan fingerprint density at radius 2 is 1.58 bits per heavy atom. The van der Waals surface area contributed by atoms with Gasteiger partial charge in [-0.1, -0.05) is 18.7 Å². The van der Waals surface area contributed by atoms with Crippen LogP contribution < -0.4 is 30.9 Å². The summed E-state index contributed by atoms with van der Waals surface area (Å²) in [5, 5.41) is 13.1. The minimum atomic E-state index is -0.519. The van der Waals surface area contributed by atoms with E-state index in [1.54, 1.807) is 70.5 Å². The molecule has 16 nitrogen and oxygen atoms in total. The largest absolute Gasteiger partial charge is 0.490 e. The van der Waals surface area contributed by atoms with E-state index in [2.05, 4.69) is 37.4 Å². The van der Waals surface area contributed by atoms with E-state index in [9.17, 15) is 28.8 Å². The molecule has 1 fully saturated rings. The molecule has 0 unspecified atom stereocenters. The van der Waals surface area contributed by atoms with E-state index in [0.29, 0.717) is 78.1 Å². The number of ether oxygens (including phenoxy) is 1. The second-order valence-corrected chi connectivity index (χ2v) is 15.7. The maximum absolute atomic E-state index is 14.1. The van der Waals surface area contributed by atoms with Gasteiger partial charge in [-0.25, -0.2) is 0 Å². The van der Waals surface area contributed by atoms with E-state index in [1.165, 1.54) is 30.7 Å². The van der Waals surface area contributed by atoms with Gasteiger partial charge in [0, 0.05) is 71.2 Å². The topological polar surface area (TPSA) is 189 Å². The summed E-state index contributed by atoms with van der Waals surface area (Å²) >= 11 is 0. The SMILES string of the molecule is C=CC(=O)N1CCOc2ccc(NC(=O)c3ccc4cc5n(c4c3)C3(CCC3)CN(C=CC(=O)Nc3ccncc3NC(=O)c3ccc4cc6n(c4c3)CCNC6=O)C5=O)cc21. The van der Waals surface area contributed by atoms with Gasteiger partial charge < -0.3 is 44.9 Å². The van der Waals surface area contributed by atoms with Gasteiger partial charge in [-0.15, -0.1) is 0 Å². The molecule has 3 aromatic heterocycles. The maximum Gasteiger partial charge on any atom is 0.274 e. The van der Waals surface area contributed by atoms with Gasteiger partial charge in [-0.3, -0.25) is 33.8 Å². The molecule has 4 aliphatic rings. The Morgan fingerprint density at radius 1 is 0.823 bits per heavy atom. The summed E-state index contributed by atoms with van der Waals surface area (Å²) in [6.45, 7) is 5.72. The van der Waals surface area contributed by atoms with Gasteiger partial charge >= 0.3 is 0 Å². The summed E-state index contributed by atoms with van der Waals surface area (Å²) < 4.78 is 9.66. The van der Waals surface area contributed by atoms with Gasteiger partial charge in [0.25, 0.3) is 29.5 Å². The summed E-state index contributed by atoms with van der Waals surface area (Å²) in [7, 11) is 0. The van der Waals surface area contributed by atoms with Crippen molar-refractivity contribution >= 4 is 80.0 Å². The second-order valence-electron chi connectivity index (χ2n) is 15.7. The standard InChI is InChI=1S/C46H39N9O7/c1-2-41(57)54-18-19-62-39-9-8-31(24-36(39)54)49-42(58)30-7-5-28-21-38-45(61)52(26-46(12-3-13-46)55(38)35(28)23-30)16-11-40(56)50-32-10-14-47-25-33(32)51-43(59)29-6-4-27-20-37-44(60)48-15-17-53(37)34(27)22-29/h2,4-11,14,16,20-25H,1,3,12-13,15,17-19,26H2,(H,48,60)(H,49,58)(H,51,59)(H,47,50,56). The lowest BCUT2D eigenvalue weighted by Gasteiger charge is -2.49. The maximum atomic E-state index is 14.1. The van der Waals surface area contributed by atoms with Gasteiger partial charge in [0.15, 0.2) is 0 Å². The molecular formula is C46H39N9O7. The summed E-state index contributed by atoms with van der Waals surface area (Å²) in [5.74, 6) is -1.47. The zero-order chi connectivity index (χ0) is 42.7. The fourth-order valence-electron chi connectivity index (χ4n) is 8.87. The molecule has 0 radical (unpaired) electrons. The smallest absolute Gasteiger partial charge is 0.274 e. The van der Waals surface area contributed by atoms with Crippen molar-refractivity contribution in [3.8, 4) is 5.75 Å². The average molecular weight is 830 g/mol. The number of carbonyl (C=O) groups is 6. The molecule has 1 spiro atoms. The summed E-state index contributed by atoms with van der Waals surface area (Å²) in [6, 6.07) is 20.9. The zero-order valence-corrected chi connectivity index (χ0v) is 33.3. The van der Waals surface area contributed by atoms with Crippen LogP contribution in [-0.2, 0) is 21.7 Å². The van der Waals surface area contributed by atoms with Crippen LogP contribution in [0.5, 0.6) is 5.75 Å². The number of nitrogens with zero attached hydrogens (tertiary/aromatic N) is 5. The summed E-state index contributed by atoms with van der Waals surface area (Å²) in [4.78, 5) is 86.6. The number of carbonyl (C=O) groups excluding carboxylic acids is 6. The van der Waals surface area contributed by atoms with Crippen molar-refractivity contribution < 1.29 is 33.5 Å². The lowest BCUT2D eigenvalue weighted by atomic mass is 9.74. The number of rotatable bonds is 8. The van der Waals surface area contributed by atoms with Crippen LogP contribution in [0.3, 0.4) is 0 Å². The Kier molecular flexibility index (Phi) is 9.19. The highest BCUT2D eigenvalue weighted by atomic mass is 16.5. The van der Waals surface area contributed by atoms with Crippen LogP contribution in [-0.4, -0.2) is 80.7 Å². The summed E-state index contributed by atoms with van der Waals surface area (Å²) in [5.41, 5.74) is 4.48. The van der Waals surface area contributed by atoms with Crippen LogP contribution in [0.25, 0.3) is 21.8 Å². The monoisotopic (exact) mass is 829 g/mol. The number of aromatic nitrogens is 3. The van der Waals surface area contributed by atoms with E-state index < -0.39 is 17.4 Å². The predicted octanol–water partition coefficient (Wildman–Crippen LogP) is 5.64. The third-order valence-electron chi connectivity index (χ3n) is 12.0. The molecule has 62 heavy (non-hydrogen) atoms. The van der Waals surface area contributed by atoms with Gasteiger partial charge in [-0.2, -0.15) is 0 Å². The van der Waals surface area contributed by atoms with Crippen molar-refractivity contribution in [1.29, 1.82) is 0 Å². The number of pyridine rings is 1. The zero-order valence-electron chi connectivity index (χ0n) is 33.3. The van der Waals surface area contributed by atoms with E-state index in [1.807, 2.05) is 16.7 Å². The number of hydrogen-bond donors (Lipinski definition) is 4. The normalized spacial score (nSPS) is 16.2. The Morgan fingerprint density at radius 3 is 2.35 bits per heavy atom. The molecule has 16 heteroatoms. The fourth-order valence-corrected chi connectivity index (χ4v) is 8.87. The van der Waals surface area contributed by atoms with Crippen molar-refractivity contribution in [2.75, 3.05) is 47.1 Å². The number of amides is 6. The Labute approximate surface area is 353 Å². The molecule has 4 N–H and O–H groups in total. The number of benzene rings is 3. The van der Waals surface area contributed by atoms with Crippen LogP contribution in [0.4, 0.5) is 22.7 Å². The number of hydrogen-bond acceptors (Lipinski definition) is 8. The van der Waals surface area contributed by atoms with E-state index in [-0.39, 0.29) is 29.3 Å². The highest BCUT2D eigenvalue weighted by Crippen LogP contribution is 2.46. The lowest BCUT2D eigenvalue weighted by Crippen LogP contribution is -2.55. The molecule has 6 aromatic rings. The van der Waals surface area contributed by atoms with Crippen molar-refractivity contribution in [1.82, 2.24) is 24.3 Å². The second kappa shape index (κ2) is 14.9. The first-order valence-electron chi connectivity index (χ1n) is 20.2. The average Bonchev–Trinajstić information content (AvgIpc) is 3.85. The summed E-state index contributed by atoms with van der Waals surface area (Å²) in [6.07, 6.45) is 9.50. The van der Waals surface area contributed by atoms with Crippen LogP contribution in [0.1, 0.15) is 61.0 Å². The lowest BCUT2D eigenvalue weighted by molar-refractivity contribution is -0.114. The molecular weight excluding hydrogens is 791 g/mol. The highest BCUT2D eigenvalue weighted by Gasteiger charge is 2.47. The Bertz CT molecular complexity index is 2980. The Hall–Kier alpha value is -8.01. The van der Waals surface area contributed by atoms with Crippen LogP contribution in [0, 0.1) is 0 Å². The van der Waals surface area contributed by atoms with E-state index >= 15 is 0 Å². The van der Waals surface area contributed by atoms with E-state index in [4.69, 9.17) is 4.74 Å². The van der Waals surface area contributed by atoms with Gasteiger partial charge in [0.05, 0.1) is 40.9 Å². The number of nitrogens with one attached hydrogen (secondary N) is 4. The minimum Gasteiger partial charge on any atom is -0.490 e. The Balaban J connectivity index is 0.845. The first-order valence-corrected chi connectivity index (χ1v) is 20.2. The fraction of sp³-hybridized carbons (Fsp3) is 0.196. The minimum absolute atomic E-state index is 0.159. The third kappa shape index (κ3) is 6.52. The molecule has 3 aliphatic heterocycles.